The fraction of sp³-hybridized carbons (Fsp3) is 0.964. The molecule has 0 heterocycles. The second-order valence-corrected chi connectivity index (χ2v) is 21.6. The Kier molecular flexibility index (Phi) is 52.0. The molecule has 3 atom stereocenters. The van der Waals surface area contributed by atoms with Crippen molar-refractivity contribution in [3.8, 4) is 0 Å². The fourth-order valence-corrected chi connectivity index (χ4v) is 9.68. The number of carboxylic acids is 1. The topological polar surface area (TPSA) is 155 Å². The maximum Gasteiger partial charge on any atom is 0.472 e. The van der Waals surface area contributed by atoms with E-state index < -0.39 is 45.1 Å². The summed E-state index contributed by atoms with van der Waals surface area (Å²) in [4.78, 5) is 33.7. The standard InChI is InChI=1S/C56H112NO9P/c1-3-5-7-9-11-13-15-17-19-20-21-22-23-24-25-26-27-28-29-30-31-32-33-34-35-36-38-40-42-44-46-48-55(58)66-53(51-64-67(61,62)65-52-54(57)56(59)60)50-63-49-47-45-43-41-39-37-18-16-14-12-10-8-6-4-2/h53-54H,3-52,57H2,1-2H3,(H,59,60)(H,61,62)/t53-,54+/m1/s1. The Hall–Kier alpha value is -1.03. The number of unbranched alkanes of at least 4 members (excludes halogenated alkanes) is 43. The zero-order valence-corrected chi connectivity index (χ0v) is 45.2. The zero-order chi connectivity index (χ0) is 49.0. The van der Waals surface area contributed by atoms with E-state index in [0.29, 0.717) is 6.61 Å². The predicted molar refractivity (Wildman–Crippen MR) is 282 cm³/mol. The first-order chi connectivity index (χ1) is 32.7. The first kappa shape index (κ1) is 66.0. The fourth-order valence-electron chi connectivity index (χ4n) is 8.90. The lowest BCUT2D eigenvalue weighted by atomic mass is 10.0. The number of phosphoric ester groups is 1. The molecule has 11 heteroatoms. The van der Waals surface area contributed by atoms with Gasteiger partial charge in [-0.25, -0.2) is 4.57 Å². The molecule has 400 valence electrons. The second kappa shape index (κ2) is 52.8. The van der Waals surface area contributed by atoms with E-state index in [1.807, 2.05) is 0 Å². The van der Waals surface area contributed by atoms with Crippen LogP contribution in [0.4, 0.5) is 0 Å². The van der Waals surface area contributed by atoms with Crippen molar-refractivity contribution in [3.63, 3.8) is 0 Å². The Morgan fingerprint density at radius 3 is 0.985 bits per heavy atom. The average molecular weight is 974 g/mol. The van der Waals surface area contributed by atoms with Gasteiger partial charge in [0.15, 0.2) is 0 Å². The number of carbonyl (C=O) groups is 2. The van der Waals surface area contributed by atoms with Crippen molar-refractivity contribution in [2.45, 2.75) is 321 Å². The summed E-state index contributed by atoms with van der Waals surface area (Å²) in [5, 5.41) is 8.94. The number of phosphoric acid groups is 1. The van der Waals surface area contributed by atoms with Crippen LogP contribution in [0.1, 0.15) is 309 Å². The van der Waals surface area contributed by atoms with E-state index in [4.69, 9.17) is 29.4 Å². The summed E-state index contributed by atoms with van der Waals surface area (Å²) >= 11 is 0. The molecular weight excluding hydrogens is 862 g/mol. The van der Waals surface area contributed by atoms with E-state index in [1.54, 1.807) is 0 Å². The van der Waals surface area contributed by atoms with Crippen molar-refractivity contribution in [1.82, 2.24) is 0 Å². The summed E-state index contributed by atoms with van der Waals surface area (Å²) in [6.07, 6.45) is 59.1. The van der Waals surface area contributed by atoms with Gasteiger partial charge in [0, 0.05) is 13.0 Å². The molecule has 0 bridgehead atoms. The van der Waals surface area contributed by atoms with Gasteiger partial charge in [-0.2, -0.15) is 0 Å². The summed E-state index contributed by atoms with van der Waals surface area (Å²) < 4.78 is 33.6. The lowest BCUT2D eigenvalue weighted by molar-refractivity contribution is -0.154. The van der Waals surface area contributed by atoms with Crippen LogP contribution < -0.4 is 5.73 Å². The van der Waals surface area contributed by atoms with E-state index in [1.165, 1.54) is 250 Å². The van der Waals surface area contributed by atoms with Crippen LogP contribution >= 0.6 is 7.82 Å². The SMILES string of the molecule is CCCCCCCCCCCCCCCCCCCCCCCCCCCCCCCCCC(=O)O[C@H](COCCCCCCCCCCCCCCCC)COP(=O)(O)OC[C@H](N)C(=O)O. The third-order valence-electron chi connectivity index (χ3n) is 13.4. The predicted octanol–water partition coefficient (Wildman–Crippen LogP) is 17.4. The summed E-state index contributed by atoms with van der Waals surface area (Å²) in [5.41, 5.74) is 5.38. The zero-order valence-electron chi connectivity index (χ0n) is 44.3. The van der Waals surface area contributed by atoms with E-state index in [-0.39, 0.29) is 13.0 Å². The highest BCUT2D eigenvalue weighted by Gasteiger charge is 2.27. The molecule has 0 aromatic heterocycles. The number of rotatable bonds is 57. The molecule has 0 radical (unpaired) electrons. The number of hydrogen-bond donors (Lipinski definition) is 3. The van der Waals surface area contributed by atoms with Crippen LogP contribution in [-0.2, 0) is 32.7 Å². The lowest BCUT2D eigenvalue weighted by Crippen LogP contribution is -2.34. The summed E-state index contributed by atoms with van der Waals surface area (Å²) in [5.74, 6) is -1.76. The van der Waals surface area contributed by atoms with Gasteiger partial charge in [0.05, 0.1) is 19.8 Å². The molecule has 0 aliphatic heterocycles. The molecule has 1 unspecified atom stereocenters. The summed E-state index contributed by atoms with van der Waals surface area (Å²) in [6.45, 7) is 3.96. The molecular formula is C56H112NO9P. The van der Waals surface area contributed by atoms with Crippen molar-refractivity contribution in [2.75, 3.05) is 26.4 Å². The minimum Gasteiger partial charge on any atom is -0.480 e. The number of carbonyl (C=O) groups excluding carboxylic acids is 1. The van der Waals surface area contributed by atoms with Gasteiger partial charge >= 0.3 is 19.8 Å². The van der Waals surface area contributed by atoms with Crippen LogP contribution in [0.3, 0.4) is 0 Å². The first-order valence-corrected chi connectivity index (χ1v) is 30.6. The molecule has 0 spiro atoms. The van der Waals surface area contributed by atoms with Crippen molar-refractivity contribution in [1.29, 1.82) is 0 Å². The number of aliphatic carboxylic acids is 1. The molecule has 0 aromatic rings. The number of carboxylic acid groups (broad SMARTS) is 1. The molecule has 0 aromatic carbocycles. The van der Waals surface area contributed by atoms with E-state index in [2.05, 4.69) is 13.8 Å². The van der Waals surface area contributed by atoms with E-state index >= 15 is 0 Å². The maximum atomic E-state index is 12.7. The Morgan fingerprint density at radius 1 is 0.418 bits per heavy atom. The van der Waals surface area contributed by atoms with Crippen molar-refractivity contribution in [2.24, 2.45) is 5.73 Å². The smallest absolute Gasteiger partial charge is 0.472 e. The number of hydrogen-bond acceptors (Lipinski definition) is 8. The monoisotopic (exact) mass is 974 g/mol. The highest BCUT2D eigenvalue weighted by Crippen LogP contribution is 2.43. The molecule has 67 heavy (non-hydrogen) atoms. The molecule has 0 rings (SSSR count). The lowest BCUT2D eigenvalue weighted by Gasteiger charge is -2.20. The molecule has 0 aliphatic carbocycles. The summed E-state index contributed by atoms with van der Waals surface area (Å²) in [7, 11) is -4.61. The van der Waals surface area contributed by atoms with Crippen LogP contribution in [0.25, 0.3) is 0 Å². The highest BCUT2D eigenvalue weighted by atomic mass is 31.2. The molecule has 4 N–H and O–H groups in total. The minimum absolute atomic E-state index is 0.0262. The van der Waals surface area contributed by atoms with Gasteiger partial charge in [0.2, 0.25) is 0 Å². The van der Waals surface area contributed by atoms with Gasteiger partial charge in [-0.05, 0) is 12.8 Å². The van der Waals surface area contributed by atoms with Gasteiger partial charge in [-0.3, -0.25) is 18.6 Å². The second-order valence-electron chi connectivity index (χ2n) is 20.1. The van der Waals surface area contributed by atoms with Crippen molar-refractivity contribution >= 4 is 19.8 Å². The van der Waals surface area contributed by atoms with Crippen LogP contribution in [-0.4, -0.2) is 60.5 Å². The Labute approximate surface area is 414 Å². The molecule has 0 saturated heterocycles. The molecule has 10 nitrogen and oxygen atoms in total. The van der Waals surface area contributed by atoms with Gasteiger partial charge in [-0.1, -0.05) is 290 Å². The Morgan fingerprint density at radius 2 is 0.687 bits per heavy atom. The highest BCUT2D eigenvalue weighted by molar-refractivity contribution is 7.47. The first-order valence-electron chi connectivity index (χ1n) is 29.1. The summed E-state index contributed by atoms with van der Waals surface area (Å²) in [6, 6.07) is -1.47. The third-order valence-corrected chi connectivity index (χ3v) is 14.3. The Bertz CT molecular complexity index is 1080. The van der Waals surface area contributed by atoms with Crippen LogP contribution in [0.5, 0.6) is 0 Å². The van der Waals surface area contributed by atoms with Crippen molar-refractivity contribution < 1.29 is 42.7 Å². The molecule has 0 aliphatic rings. The largest absolute Gasteiger partial charge is 0.480 e. The molecule has 0 saturated carbocycles. The van der Waals surface area contributed by atoms with E-state index in [0.717, 1.165) is 38.5 Å². The number of nitrogens with two attached hydrogens (primary N) is 1. The maximum absolute atomic E-state index is 12.7. The van der Waals surface area contributed by atoms with Crippen LogP contribution in [0, 0.1) is 0 Å². The number of esters is 1. The number of ether oxygens (including phenoxy) is 2. The normalized spacial score (nSPS) is 13.5. The van der Waals surface area contributed by atoms with Crippen LogP contribution in [0.15, 0.2) is 0 Å². The van der Waals surface area contributed by atoms with Gasteiger partial charge in [0.25, 0.3) is 0 Å². The van der Waals surface area contributed by atoms with Gasteiger partial charge < -0.3 is 25.2 Å². The quantitative estimate of drug-likeness (QED) is 0.0305. The molecule has 0 fully saturated rings. The average Bonchev–Trinajstić information content (AvgIpc) is 3.31. The van der Waals surface area contributed by atoms with Crippen molar-refractivity contribution in [3.05, 3.63) is 0 Å². The Balaban J connectivity index is 3.88. The van der Waals surface area contributed by atoms with Gasteiger partial charge in [-0.15, -0.1) is 0 Å². The van der Waals surface area contributed by atoms with E-state index in [9.17, 15) is 19.0 Å². The third kappa shape index (κ3) is 52.6. The van der Waals surface area contributed by atoms with Crippen LogP contribution in [0.2, 0.25) is 0 Å². The molecule has 0 amide bonds. The van der Waals surface area contributed by atoms with Gasteiger partial charge in [0.1, 0.15) is 12.1 Å². The minimum atomic E-state index is -4.61.